The standard InChI is InChI=1S/C14H24N4O2/c1-12-10-13(16-20-12)11-17-6-8-18(9-7-17)14(19)4-3-5-15-2/h10,15H,3-9,11H2,1-2H3. The Hall–Kier alpha value is -1.40. The minimum atomic E-state index is 0.275. The molecule has 2 heterocycles. The molecule has 2 rings (SSSR count). The number of amides is 1. The van der Waals surface area contributed by atoms with Crippen LogP contribution in [0.15, 0.2) is 10.6 Å². The van der Waals surface area contributed by atoms with Crippen LogP contribution >= 0.6 is 0 Å². The van der Waals surface area contributed by atoms with E-state index in [0.717, 1.165) is 57.1 Å². The van der Waals surface area contributed by atoms with Crippen molar-refractivity contribution in [2.45, 2.75) is 26.3 Å². The van der Waals surface area contributed by atoms with E-state index in [1.165, 1.54) is 0 Å². The van der Waals surface area contributed by atoms with Gasteiger partial charge in [-0.2, -0.15) is 0 Å². The fraction of sp³-hybridized carbons (Fsp3) is 0.714. The van der Waals surface area contributed by atoms with Crippen molar-refractivity contribution < 1.29 is 9.32 Å². The molecule has 20 heavy (non-hydrogen) atoms. The zero-order valence-corrected chi connectivity index (χ0v) is 12.4. The van der Waals surface area contributed by atoms with Crippen molar-refractivity contribution in [3.05, 3.63) is 17.5 Å². The molecule has 1 aliphatic rings. The van der Waals surface area contributed by atoms with E-state index in [2.05, 4.69) is 15.4 Å². The lowest BCUT2D eigenvalue weighted by molar-refractivity contribution is -0.133. The molecular weight excluding hydrogens is 256 g/mol. The lowest BCUT2D eigenvalue weighted by Gasteiger charge is -2.34. The van der Waals surface area contributed by atoms with Crippen LogP contribution in [0.4, 0.5) is 0 Å². The summed E-state index contributed by atoms with van der Waals surface area (Å²) in [6.45, 7) is 7.05. The van der Waals surface area contributed by atoms with Crippen LogP contribution in [0.2, 0.25) is 0 Å². The molecule has 0 spiro atoms. The third-order valence-corrected chi connectivity index (χ3v) is 3.60. The molecule has 112 valence electrons. The Morgan fingerprint density at radius 2 is 2.15 bits per heavy atom. The van der Waals surface area contributed by atoms with Gasteiger partial charge in [-0.3, -0.25) is 9.69 Å². The number of carbonyl (C=O) groups excluding carboxylic acids is 1. The molecule has 1 aromatic rings. The highest BCUT2D eigenvalue weighted by Gasteiger charge is 2.21. The monoisotopic (exact) mass is 280 g/mol. The van der Waals surface area contributed by atoms with Crippen LogP contribution in [-0.2, 0) is 11.3 Å². The summed E-state index contributed by atoms with van der Waals surface area (Å²) in [4.78, 5) is 16.3. The van der Waals surface area contributed by atoms with Crippen molar-refractivity contribution in [2.24, 2.45) is 0 Å². The van der Waals surface area contributed by atoms with Gasteiger partial charge in [0.25, 0.3) is 0 Å². The van der Waals surface area contributed by atoms with Crippen molar-refractivity contribution in [1.29, 1.82) is 0 Å². The van der Waals surface area contributed by atoms with E-state index in [-0.39, 0.29) is 5.91 Å². The molecule has 1 N–H and O–H groups in total. The highest BCUT2D eigenvalue weighted by Crippen LogP contribution is 2.10. The first-order valence-electron chi connectivity index (χ1n) is 7.26. The zero-order chi connectivity index (χ0) is 14.4. The molecule has 1 fully saturated rings. The largest absolute Gasteiger partial charge is 0.361 e. The van der Waals surface area contributed by atoms with E-state index in [1.54, 1.807) is 0 Å². The summed E-state index contributed by atoms with van der Waals surface area (Å²) in [5.41, 5.74) is 0.969. The number of carbonyl (C=O) groups is 1. The predicted octanol–water partition coefficient (Wildman–Crippen LogP) is 0.627. The second-order valence-corrected chi connectivity index (χ2v) is 5.29. The number of nitrogens with zero attached hydrogens (tertiary/aromatic N) is 3. The molecule has 0 unspecified atom stereocenters. The molecule has 1 aromatic heterocycles. The van der Waals surface area contributed by atoms with Crippen molar-refractivity contribution in [3.8, 4) is 0 Å². The Kier molecular flexibility index (Phi) is 5.55. The molecule has 1 aliphatic heterocycles. The molecule has 0 atom stereocenters. The Morgan fingerprint density at radius 3 is 2.75 bits per heavy atom. The van der Waals surface area contributed by atoms with Crippen LogP contribution < -0.4 is 5.32 Å². The number of aromatic nitrogens is 1. The predicted molar refractivity (Wildman–Crippen MR) is 76.3 cm³/mol. The zero-order valence-electron chi connectivity index (χ0n) is 12.4. The third kappa shape index (κ3) is 4.31. The fourth-order valence-corrected chi connectivity index (χ4v) is 2.45. The average molecular weight is 280 g/mol. The minimum Gasteiger partial charge on any atom is -0.361 e. The molecular formula is C14H24N4O2. The quantitative estimate of drug-likeness (QED) is 0.774. The molecule has 0 aliphatic carbocycles. The van der Waals surface area contributed by atoms with E-state index in [4.69, 9.17) is 4.52 Å². The van der Waals surface area contributed by atoms with Crippen LogP contribution in [0, 0.1) is 6.92 Å². The smallest absolute Gasteiger partial charge is 0.222 e. The average Bonchev–Trinajstić information content (AvgIpc) is 2.85. The van der Waals surface area contributed by atoms with E-state index in [0.29, 0.717) is 6.42 Å². The summed E-state index contributed by atoms with van der Waals surface area (Å²) in [6, 6.07) is 1.97. The lowest BCUT2D eigenvalue weighted by Crippen LogP contribution is -2.48. The fourth-order valence-electron chi connectivity index (χ4n) is 2.45. The highest BCUT2D eigenvalue weighted by atomic mass is 16.5. The lowest BCUT2D eigenvalue weighted by atomic mass is 10.2. The summed E-state index contributed by atoms with van der Waals surface area (Å²) < 4.78 is 5.07. The van der Waals surface area contributed by atoms with Crippen LogP contribution in [0.3, 0.4) is 0 Å². The molecule has 6 heteroatoms. The van der Waals surface area contributed by atoms with Crippen LogP contribution in [0.25, 0.3) is 0 Å². The summed E-state index contributed by atoms with van der Waals surface area (Å²) in [5, 5.41) is 7.08. The van der Waals surface area contributed by atoms with Crippen molar-refractivity contribution in [3.63, 3.8) is 0 Å². The first kappa shape index (κ1) is 15.0. The van der Waals surface area contributed by atoms with Gasteiger partial charge >= 0.3 is 0 Å². The number of aryl methyl sites for hydroxylation is 1. The number of nitrogens with one attached hydrogen (secondary N) is 1. The van der Waals surface area contributed by atoms with Crippen molar-refractivity contribution in [1.82, 2.24) is 20.3 Å². The van der Waals surface area contributed by atoms with Crippen LogP contribution in [-0.4, -0.2) is 60.6 Å². The molecule has 6 nitrogen and oxygen atoms in total. The van der Waals surface area contributed by atoms with Crippen molar-refractivity contribution >= 4 is 5.91 Å². The second-order valence-electron chi connectivity index (χ2n) is 5.29. The Balaban J connectivity index is 1.70. The normalized spacial score (nSPS) is 16.6. The first-order chi connectivity index (χ1) is 9.69. The van der Waals surface area contributed by atoms with E-state index < -0.39 is 0 Å². The molecule has 1 saturated heterocycles. The third-order valence-electron chi connectivity index (χ3n) is 3.60. The van der Waals surface area contributed by atoms with Gasteiger partial charge in [0.1, 0.15) is 5.76 Å². The van der Waals surface area contributed by atoms with Gasteiger partial charge in [0.05, 0.1) is 5.69 Å². The van der Waals surface area contributed by atoms with Gasteiger partial charge in [0, 0.05) is 45.2 Å². The minimum absolute atomic E-state index is 0.275. The molecule has 0 aromatic carbocycles. The van der Waals surface area contributed by atoms with Gasteiger partial charge in [0.15, 0.2) is 0 Å². The first-order valence-corrected chi connectivity index (χ1v) is 7.26. The van der Waals surface area contributed by atoms with Gasteiger partial charge < -0.3 is 14.7 Å². The summed E-state index contributed by atoms with van der Waals surface area (Å²) in [5.74, 6) is 1.12. The number of hydrogen-bond donors (Lipinski definition) is 1. The molecule has 0 saturated carbocycles. The number of rotatable bonds is 6. The summed E-state index contributed by atoms with van der Waals surface area (Å²) >= 11 is 0. The van der Waals surface area contributed by atoms with Gasteiger partial charge in [-0.15, -0.1) is 0 Å². The molecule has 0 bridgehead atoms. The van der Waals surface area contributed by atoms with Crippen molar-refractivity contribution in [2.75, 3.05) is 39.8 Å². The van der Waals surface area contributed by atoms with E-state index >= 15 is 0 Å². The van der Waals surface area contributed by atoms with Crippen LogP contribution in [0.1, 0.15) is 24.3 Å². The van der Waals surface area contributed by atoms with Crippen LogP contribution in [0.5, 0.6) is 0 Å². The molecule has 0 radical (unpaired) electrons. The van der Waals surface area contributed by atoms with Gasteiger partial charge in [-0.25, -0.2) is 0 Å². The maximum atomic E-state index is 12.0. The highest BCUT2D eigenvalue weighted by molar-refractivity contribution is 5.76. The summed E-state index contributed by atoms with van der Waals surface area (Å²) in [7, 11) is 1.91. The topological polar surface area (TPSA) is 61.6 Å². The summed E-state index contributed by atoms with van der Waals surface area (Å²) in [6.07, 6.45) is 1.55. The Morgan fingerprint density at radius 1 is 1.40 bits per heavy atom. The maximum absolute atomic E-state index is 12.0. The number of hydrogen-bond acceptors (Lipinski definition) is 5. The number of piperazine rings is 1. The van der Waals surface area contributed by atoms with E-state index in [1.807, 2.05) is 24.9 Å². The Bertz CT molecular complexity index is 425. The van der Waals surface area contributed by atoms with E-state index in [9.17, 15) is 4.79 Å². The van der Waals surface area contributed by atoms with Gasteiger partial charge in [-0.05, 0) is 26.9 Å². The maximum Gasteiger partial charge on any atom is 0.222 e. The Labute approximate surface area is 120 Å². The second kappa shape index (κ2) is 7.40. The van der Waals surface area contributed by atoms with Gasteiger partial charge in [-0.1, -0.05) is 5.16 Å². The SMILES string of the molecule is CNCCCC(=O)N1CCN(Cc2cc(C)on2)CC1. The van der Waals surface area contributed by atoms with Gasteiger partial charge in [0.2, 0.25) is 5.91 Å². The molecule has 1 amide bonds.